The second-order valence-electron chi connectivity index (χ2n) is 7.26. The maximum absolute atomic E-state index is 5.50. The normalized spacial score (nSPS) is 14.0. The van der Waals surface area contributed by atoms with Crippen molar-refractivity contribution in [2.45, 2.75) is 13.3 Å². The number of morpholine rings is 1. The van der Waals surface area contributed by atoms with Crippen LogP contribution in [0.25, 0.3) is 5.65 Å². The molecule has 0 saturated carbocycles. The van der Waals surface area contributed by atoms with Gasteiger partial charge in [0.15, 0.2) is 0 Å². The number of nitrogens with zero attached hydrogens (tertiary/aromatic N) is 6. The van der Waals surface area contributed by atoms with Crippen molar-refractivity contribution in [1.29, 1.82) is 0 Å². The van der Waals surface area contributed by atoms with Gasteiger partial charge in [-0.1, -0.05) is 13.0 Å². The summed E-state index contributed by atoms with van der Waals surface area (Å²) in [6.45, 7) is 5.04. The molecular weight excluding hydrogens is 392 g/mol. The molecule has 0 aromatic carbocycles. The first-order valence-corrected chi connectivity index (χ1v) is 10.4. The Morgan fingerprint density at radius 2 is 1.87 bits per heavy atom. The fourth-order valence-corrected chi connectivity index (χ4v) is 3.51. The minimum atomic E-state index is 0.495. The zero-order valence-corrected chi connectivity index (χ0v) is 17.3. The molecule has 4 aromatic heterocycles. The molecule has 0 unspecified atom stereocenters. The minimum Gasteiger partial charge on any atom is -0.378 e. The van der Waals surface area contributed by atoms with Crippen molar-refractivity contribution < 1.29 is 4.74 Å². The molecule has 2 N–H and O–H groups in total. The highest BCUT2D eigenvalue weighted by atomic mass is 16.5. The van der Waals surface area contributed by atoms with E-state index >= 15 is 0 Å². The molecule has 1 aliphatic rings. The van der Waals surface area contributed by atoms with Gasteiger partial charge in [-0.2, -0.15) is 9.97 Å². The first-order chi connectivity index (χ1) is 15.3. The third-order valence-electron chi connectivity index (χ3n) is 5.13. The molecule has 0 spiro atoms. The molecule has 9 nitrogen and oxygen atoms in total. The molecule has 1 aliphatic heterocycles. The van der Waals surface area contributed by atoms with Gasteiger partial charge in [0.1, 0.15) is 23.1 Å². The third kappa shape index (κ3) is 4.41. The quantitative estimate of drug-likeness (QED) is 0.494. The Morgan fingerprint density at radius 1 is 0.968 bits per heavy atom. The Hall–Kier alpha value is -3.72. The van der Waals surface area contributed by atoms with E-state index in [0.29, 0.717) is 25.0 Å². The highest BCUT2D eigenvalue weighted by Crippen LogP contribution is 2.24. The standard InChI is InChI=1S/C22H24N8O/c1-2-16-4-3-5-18(24-16)26-22-27-19(15-21(28-22)30-10-12-31-13-11-30)25-17-6-8-29-9-7-23-20(29)14-17/h3-9,14-15H,2,10-13H2,1H3,(H2,24,25,26,27,28). The van der Waals surface area contributed by atoms with Crippen LogP contribution in [-0.2, 0) is 11.2 Å². The smallest absolute Gasteiger partial charge is 0.232 e. The topological polar surface area (TPSA) is 92.5 Å². The third-order valence-corrected chi connectivity index (χ3v) is 5.13. The summed E-state index contributed by atoms with van der Waals surface area (Å²) in [7, 11) is 0. The van der Waals surface area contributed by atoms with Crippen molar-refractivity contribution in [1.82, 2.24) is 24.3 Å². The number of fused-ring (bicyclic) bond motifs is 1. The number of nitrogens with one attached hydrogen (secondary N) is 2. The molecule has 31 heavy (non-hydrogen) atoms. The van der Waals surface area contributed by atoms with Crippen LogP contribution in [0.4, 0.5) is 29.1 Å². The predicted molar refractivity (Wildman–Crippen MR) is 120 cm³/mol. The van der Waals surface area contributed by atoms with E-state index in [4.69, 9.17) is 9.72 Å². The summed E-state index contributed by atoms with van der Waals surface area (Å²) in [6, 6.07) is 11.8. The summed E-state index contributed by atoms with van der Waals surface area (Å²) in [6.07, 6.45) is 6.53. The number of imidazole rings is 1. The molecule has 1 fully saturated rings. The van der Waals surface area contributed by atoms with E-state index in [1.54, 1.807) is 6.20 Å². The number of anilines is 5. The summed E-state index contributed by atoms with van der Waals surface area (Å²) in [5.41, 5.74) is 2.79. The van der Waals surface area contributed by atoms with Gasteiger partial charge in [0, 0.05) is 55.2 Å². The van der Waals surface area contributed by atoms with Gasteiger partial charge in [-0.05, 0) is 24.6 Å². The predicted octanol–water partition coefficient (Wildman–Crippen LogP) is 3.41. The fourth-order valence-electron chi connectivity index (χ4n) is 3.51. The lowest BCUT2D eigenvalue weighted by atomic mass is 10.3. The lowest BCUT2D eigenvalue weighted by Gasteiger charge is -2.28. The highest BCUT2D eigenvalue weighted by Gasteiger charge is 2.16. The van der Waals surface area contributed by atoms with Crippen molar-refractivity contribution in [2.24, 2.45) is 0 Å². The van der Waals surface area contributed by atoms with Crippen LogP contribution in [0.5, 0.6) is 0 Å². The van der Waals surface area contributed by atoms with Gasteiger partial charge in [0.05, 0.1) is 13.2 Å². The number of hydrogen-bond acceptors (Lipinski definition) is 8. The average Bonchev–Trinajstić information content (AvgIpc) is 3.27. The number of ether oxygens (including phenoxy) is 1. The van der Waals surface area contributed by atoms with E-state index in [-0.39, 0.29) is 0 Å². The van der Waals surface area contributed by atoms with Crippen molar-refractivity contribution in [3.05, 3.63) is 60.7 Å². The molecule has 158 valence electrons. The van der Waals surface area contributed by atoms with Crippen molar-refractivity contribution in [3.8, 4) is 0 Å². The van der Waals surface area contributed by atoms with Crippen LogP contribution in [-0.4, -0.2) is 50.6 Å². The molecule has 4 aromatic rings. The number of aromatic nitrogens is 5. The van der Waals surface area contributed by atoms with E-state index in [9.17, 15) is 0 Å². The van der Waals surface area contributed by atoms with Crippen molar-refractivity contribution in [3.63, 3.8) is 0 Å². The van der Waals surface area contributed by atoms with Gasteiger partial charge in [0.2, 0.25) is 5.95 Å². The van der Waals surface area contributed by atoms with E-state index < -0.39 is 0 Å². The van der Waals surface area contributed by atoms with E-state index in [1.807, 2.05) is 53.2 Å². The lowest BCUT2D eigenvalue weighted by molar-refractivity contribution is 0.122. The van der Waals surface area contributed by atoms with E-state index in [1.165, 1.54) is 0 Å². The Bertz CT molecular complexity index is 1190. The molecule has 5 rings (SSSR count). The molecule has 0 radical (unpaired) electrons. The van der Waals surface area contributed by atoms with Gasteiger partial charge in [-0.25, -0.2) is 9.97 Å². The van der Waals surface area contributed by atoms with E-state index in [0.717, 1.165) is 48.2 Å². The Balaban J connectivity index is 1.47. The maximum Gasteiger partial charge on any atom is 0.232 e. The molecule has 9 heteroatoms. The van der Waals surface area contributed by atoms with Gasteiger partial charge >= 0.3 is 0 Å². The zero-order chi connectivity index (χ0) is 21.0. The number of rotatable bonds is 6. The van der Waals surface area contributed by atoms with Gasteiger partial charge in [0.25, 0.3) is 0 Å². The van der Waals surface area contributed by atoms with E-state index in [2.05, 4.69) is 37.4 Å². The largest absolute Gasteiger partial charge is 0.378 e. The van der Waals surface area contributed by atoms with Crippen LogP contribution < -0.4 is 15.5 Å². The first kappa shape index (κ1) is 19.3. The molecule has 0 aliphatic carbocycles. The van der Waals surface area contributed by atoms with Crippen LogP contribution in [0.1, 0.15) is 12.6 Å². The summed E-state index contributed by atoms with van der Waals surface area (Å²) in [4.78, 5) is 20.6. The Morgan fingerprint density at radius 3 is 2.74 bits per heavy atom. The summed E-state index contributed by atoms with van der Waals surface area (Å²) in [5, 5.41) is 6.65. The molecule has 1 saturated heterocycles. The second-order valence-corrected chi connectivity index (χ2v) is 7.26. The molecule has 5 heterocycles. The van der Waals surface area contributed by atoms with Crippen LogP contribution >= 0.6 is 0 Å². The highest BCUT2D eigenvalue weighted by molar-refractivity contribution is 5.65. The maximum atomic E-state index is 5.50. The average molecular weight is 416 g/mol. The zero-order valence-electron chi connectivity index (χ0n) is 17.3. The summed E-state index contributed by atoms with van der Waals surface area (Å²) >= 11 is 0. The molecular formula is C22H24N8O. The summed E-state index contributed by atoms with van der Waals surface area (Å²) in [5.74, 6) is 2.76. The molecule has 0 atom stereocenters. The van der Waals surface area contributed by atoms with Crippen LogP contribution in [0.2, 0.25) is 0 Å². The van der Waals surface area contributed by atoms with Crippen LogP contribution in [0.3, 0.4) is 0 Å². The van der Waals surface area contributed by atoms with Crippen LogP contribution in [0.15, 0.2) is 55.0 Å². The second kappa shape index (κ2) is 8.57. The number of hydrogen-bond donors (Lipinski definition) is 2. The Kier molecular flexibility index (Phi) is 5.32. The van der Waals surface area contributed by atoms with Crippen molar-refractivity contribution >= 4 is 34.7 Å². The SMILES string of the molecule is CCc1cccc(Nc2nc(Nc3ccn4ccnc4c3)cc(N3CCOCC3)n2)n1. The van der Waals surface area contributed by atoms with Gasteiger partial charge in [-0.15, -0.1) is 0 Å². The van der Waals surface area contributed by atoms with Gasteiger partial charge in [-0.3, -0.25) is 0 Å². The molecule has 0 amide bonds. The molecule has 0 bridgehead atoms. The van der Waals surface area contributed by atoms with Crippen LogP contribution in [0, 0.1) is 0 Å². The number of aryl methyl sites for hydroxylation is 1. The summed E-state index contributed by atoms with van der Waals surface area (Å²) < 4.78 is 7.46. The van der Waals surface area contributed by atoms with Gasteiger partial charge < -0.3 is 24.7 Å². The Labute approximate surface area is 180 Å². The first-order valence-electron chi connectivity index (χ1n) is 10.4. The number of pyridine rings is 2. The minimum absolute atomic E-state index is 0.495. The monoisotopic (exact) mass is 416 g/mol. The lowest BCUT2D eigenvalue weighted by Crippen LogP contribution is -2.36. The van der Waals surface area contributed by atoms with Crippen molar-refractivity contribution in [2.75, 3.05) is 41.8 Å². The fraction of sp³-hybridized carbons (Fsp3) is 0.273.